The first-order valence-electron chi connectivity index (χ1n) is 4.87. The van der Waals surface area contributed by atoms with Gasteiger partial charge in [-0.3, -0.25) is 0 Å². The molecule has 0 spiro atoms. The maximum absolute atomic E-state index is 13.2. The summed E-state index contributed by atoms with van der Waals surface area (Å²) < 4.78 is 13.2. The number of hydrogen-bond donors (Lipinski definition) is 2. The van der Waals surface area contributed by atoms with Crippen LogP contribution in [0.25, 0.3) is 0 Å². The molecule has 0 radical (unpaired) electrons. The molecule has 2 nitrogen and oxygen atoms in total. The van der Waals surface area contributed by atoms with Crippen LogP contribution >= 0.6 is 11.6 Å². The lowest BCUT2D eigenvalue weighted by Gasteiger charge is -2.09. The topological polar surface area (TPSA) is 46.2 Å². The van der Waals surface area contributed by atoms with Crippen LogP contribution in [0.5, 0.6) is 0 Å². The fourth-order valence-electron chi connectivity index (χ4n) is 1.39. The molecule has 0 amide bonds. The number of benzene rings is 1. The van der Waals surface area contributed by atoms with Crippen molar-refractivity contribution in [2.45, 2.75) is 25.9 Å². The van der Waals surface area contributed by atoms with Crippen molar-refractivity contribution in [2.75, 3.05) is 6.54 Å². The SMILES string of the molecule is Cc1cc(CC[C@@H](O)CN)cc(F)c1Cl. The second kappa shape index (κ2) is 5.45. The van der Waals surface area contributed by atoms with Crippen LogP contribution in [0.2, 0.25) is 5.02 Å². The number of halogens is 2. The monoisotopic (exact) mass is 231 g/mol. The van der Waals surface area contributed by atoms with Gasteiger partial charge >= 0.3 is 0 Å². The molecule has 0 bridgehead atoms. The van der Waals surface area contributed by atoms with Gasteiger partial charge in [-0.15, -0.1) is 0 Å². The lowest BCUT2D eigenvalue weighted by atomic mass is 10.0. The summed E-state index contributed by atoms with van der Waals surface area (Å²) in [6, 6.07) is 3.23. The Morgan fingerprint density at radius 1 is 1.53 bits per heavy atom. The van der Waals surface area contributed by atoms with Gasteiger partial charge in [0.15, 0.2) is 0 Å². The minimum Gasteiger partial charge on any atom is -0.392 e. The summed E-state index contributed by atoms with van der Waals surface area (Å²) in [4.78, 5) is 0. The van der Waals surface area contributed by atoms with Crippen LogP contribution in [0, 0.1) is 12.7 Å². The molecule has 84 valence electrons. The van der Waals surface area contributed by atoms with Crippen LogP contribution in [0.15, 0.2) is 12.1 Å². The van der Waals surface area contributed by atoms with Crippen molar-refractivity contribution < 1.29 is 9.50 Å². The normalized spacial score (nSPS) is 12.9. The summed E-state index contributed by atoms with van der Waals surface area (Å²) in [5.41, 5.74) is 6.83. The third-order valence-electron chi connectivity index (χ3n) is 2.31. The second-order valence-corrected chi connectivity index (χ2v) is 4.01. The Bertz CT molecular complexity index is 320. The predicted molar refractivity (Wildman–Crippen MR) is 59.5 cm³/mol. The van der Waals surface area contributed by atoms with Crippen molar-refractivity contribution in [3.05, 3.63) is 34.1 Å². The van der Waals surface area contributed by atoms with Gasteiger partial charge in [-0.2, -0.15) is 0 Å². The van der Waals surface area contributed by atoms with Crippen LogP contribution in [-0.2, 0) is 6.42 Å². The number of aliphatic hydroxyl groups is 1. The fourth-order valence-corrected chi connectivity index (χ4v) is 1.50. The molecule has 0 saturated heterocycles. The molecular weight excluding hydrogens is 217 g/mol. The Kier molecular flexibility index (Phi) is 4.51. The van der Waals surface area contributed by atoms with Gasteiger partial charge in [0.2, 0.25) is 0 Å². The molecule has 0 aliphatic heterocycles. The van der Waals surface area contributed by atoms with E-state index in [9.17, 15) is 9.50 Å². The minimum atomic E-state index is -0.524. The molecule has 1 aromatic carbocycles. The molecule has 0 saturated carbocycles. The lowest BCUT2D eigenvalue weighted by molar-refractivity contribution is 0.173. The van der Waals surface area contributed by atoms with E-state index in [0.29, 0.717) is 18.4 Å². The zero-order valence-electron chi connectivity index (χ0n) is 8.63. The highest BCUT2D eigenvalue weighted by molar-refractivity contribution is 6.31. The first-order chi connectivity index (χ1) is 7.04. The van der Waals surface area contributed by atoms with E-state index in [0.717, 1.165) is 5.56 Å². The van der Waals surface area contributed by atoms with E-state index in [-0.39, 0.29) is 11.6 Å². The summed E-state index contributed by atoms with van der Waals surface area (Å²) in [6.45, 7) is 1.99. The van der Waals surface area contributed by atoms with E-state index in [1.54, 1.807) is 6.92 Å². The molecule has 1 aromatic rings. The van der Waals surface area contributed by atoms with Gasteiger partial charge in [-0.1, -0.05) is 17.7 Å². The van der Waals surface area contributed by atoms with Gasteiger partial charge in [0.25, 0.3) is 0 Å². The number of hydrogen-bond acceptors (Lipinski definition) is 2. The highest BCUT2D eigenvalue weighted by Gasteiger charge is 2.07. The van der Waals surface area contributed by atoms with Gasteiger partial charge in [-0.25, -0.2) is 4.39 Å². The standard InChI is InChI=1S/C11H15ClFNO/c1-7-4-8(2-3-9(15)6-14)5-10(13)11(7)12/h4-5,9,15H,2-3,6,14H2,1H3/t9-/m1/s1. The summed E-state index contributed by atoms with van der Waals surface area (Å²) in [6.07, 6.45) is 0.619. The molecule has 15 heavy (non-hydrogen) atoms. The average Bonchev–Trinajstić information content (AvgIpc) is 2.22. The van der Waals surface area contributed by atoms with Crippen molar-refractivity contribution in [3.63, 3.8) is 0 Å². The van der Waals surface area contributed by atoms with Gasteiger partial charge < -0.3 is 10.8 Å². The van der Waals surface area contributed by atoms with E-state index in [4.69, 9.17) is 17.3 Å². The van der Waals surface area contributed by atoms with Gasteiger partial charge in [0, 0.05) is 6.54 Å². The number of nitrogens with two attached hydrogens (primary N) is 1. The zero-order valence-corrected chi connectivity index (χ0v) is 9.39. The predicted octanol–water partition coefficient (Wildman–Crippen LogP) is 2.04. The third-order valence-corrected chi connectivity index (χ3v) is 2.79. The molecule has 3 N–H and O–H groups in total. The van der Waals surface area contributed by atoms with E-state index in [2.05, 4.69) is 0 Å². The minimum absolute atomic E-state index is 0.165. The summed E-state index contributed by atoms with van der Waals surface area (Å²) >= 11 is 5.70. The summed E-state index contributed by atoms with van der Waals surface area (Å²) in [7, 11) is 0. The summed E-state index contributed by atoms with van der Waals surface area (Å²) in [5, 5.41) is 9.43. The number of aliphatic hydroxyl groups excluding tert-OH is 1. The molecule has 0 aliphatic carbocycles. The van der Waals surface area contributed by atoms with Gasteiger partial charge in [0.05, 0.1) is 11.1 Å². The van der Waals surface area contributed by atoms with Crippen molar-refractivity contribution >= 4 is 11.6 Å². The van der Waals surface area contributed by atoms with Crippen molar-refractivity contribution in [1.82, 2.24) is 0 Å². The first-order valence-corrected chi connectivity index (χ1v) is 5.25. The molecule has 0 heterocycles. The van der Waals surface area contributed by atoms with Gasteiger partial charge in [-0.05, 0) is 37.0 Å². The van der Waals surface area contributed by atoms with E-state index in [1.165, 1.54) is 6.07 Å². The third kappa shape index (κ3) is 3.45. The number of aryl methyl sites for hydroxylation is 2. The second-order valence-electron chi connectivity index (χ2n) is 3.64. The fraction of sp³-hybridized carbons (Fsp3) is 0.455. The van der Waals surface area contributed by atoms with Gasteiger partial charge in [0.1, 0.15) is 5.82 Å². The van der Waals surface area contributed by atoms with E-state index < -0.39 is 11.9 Å². The molecular formula is C11H15ClFNO. The Balaban J connectivity index is 2.70. The Hall–Kier alpha value is -0.640. The average molecular weight is 232 g/mol. The maximum Gasteiger partial charge on any atom is 0.142 e. The van der Waals surface area contributed by atoms with Crippen molar-refractivity contribution in [3.8, 4) is 0 Å². The highest BCUT2D eigenvalue weighted by Crippen LogP contribution is 2.21. The number of rotatable bonds is 4. The molecule has 4 heteroatoms. The lowest BCUT2D eigenvalue weighted by Crippen LogP contribution is -2.20. The first kappa shape index (κ1) is 12.4. The van der Waals surface area contributed by atoms with Crippen molar-refractivity contribution in [2.24, 2.45) is 5.73 Å². The molecule has 0 fully saturated rings. The molecule has 0 unspecified atom stereocenters. The van der Waals surface area contributed by atoms with Crippen LogP contribution in [0.3, 0.4) is 0 Å². The molecule has 1 atom stereocenters. The van der Waals surface area contributed by atoms with Crippen LogP contribution in [-0.4, -0.2) is 17.8 Å². The Morgan fingerprint density at radius 2 is 2.20 bits per heavy atom. The van der Waals surface area contributed by atoms with E-state index in [1.807, 2.05) is 6.07 Å². The molecule has 0 aliphatic rings. The summed E-state index contributed by atoms with van der Waals surface area (Å²) in [5.74, 6) is -0.408. The Morgan fingerprint density at radius 3 is 2.73 bits per heavy atom. The van der Waals surface area contributed by atoms with Crippen LogP contribution < -0.4 is 5.73 Å². The smallest absolute Gasteiger partial charge is 0.142 e. The van der Waals surface area contributed by atoms with Crippen molar-refractivity contribution in [1.29, 1.82) is 0 Å². The maximum atomic E-state index is 13.2. The Labute approximate surface area is 93.9 Å². The highest BCUT2D eigenvalue weighted by atomic mass is 35.5. The quantitative estimate of drug-likeness (QED) is 0.833. The molecule has 0 aromatic heterocycles. The zero-order chi connectivity index (χ0) is 11.4. The van der Waals surface area contributed by atoms with Crippen LogP contribution in [0.4, 0.5) is 4.39 Å². The molecule has 1 rings (SSSR count). The van der Waals surface area contributed by atoms with E-state index >= 15 is 0 Å². The largest absolute Gasteiger partial charge is 0.392 e. The van der Waals surface area contributed by atoms with Crippen LogP contribution in [0.1, 0.15) is 17.5 Å².